The van der Waals surface area contributed by atoms with Gasteiger partial charge >= 0.3 is 0 Å². The second kappa shape index (κ2) is 5.60. The van der Waals surface area contributed by atoms with Gasteiger partial charge in [-0.15, -0.1) is 0 Å². The molecular formula is C15H15FN. The van der Waals surface area contributed by atoms with E-state index < -0.39 is 0 Å². The number of rotatable bonds is 4. The van der Waals surface area contributed by atoms with E-state index in [1.807, 2.05) is 42.8 Å². The summed E-state index contributed by atoms with van der Waals surface area (Å²) in [6.45, 7) is 0. The average Bonchev–Trinajstić information content (AvgIpc) is 2.37. The maximum Gasteiger partial charge on any atom is 0.123 e. The first-order valence-corrected chi connectivity index (χ1v) is 5.65. The van der Waals surface area contributed by atoms with Crippen LogP contribution in [0.3, 0.4) is 0 Å². The number of benzene rings is 2. The van der Waals surface area contributed by atoms with Gasteiger partial charge < -0.3 is 5.73 Å². The monoisotopic (exact) mass is 228 g/mol. The zero-order valence-electron chi connectivity index (χ0n) is 9.51. The summed E-state index contributed by atoms with van der Waals surface area (Å²) in [5.41, 5.74) is 8.02. The molecule has 2 aromatic rings. The fourth-order valence-corrected chi connectivity index (χ4v) is 1.73. The molecule has 0 aliphatic carbocycles. The Kier molecular flexibility index (Phi) is 3.89. The molecule has 0 aliphatic rings. The van der Waals surface area contributed by atoms with Crippen LogP contribution < -0.4 is 5.73 Å². The van der Waals surface area contributed by atoms with Crippen LogP contribution in [0, 0.1) is 12.2 Å². The molecular weight excluding hydrogens is 213 g/mol. The van der Waals surface area contributed by atoms with E-state index in [1.54, 1.807) is 6.07 Å². The third-order valence-electron chi connectivity index (χ3n) is 2.68. The van der Waals surface area contributed by atoms with Gasteiger partial charge in [0.25, 0.3) is 0 Å². The van der Waals surface area contributed by atoms with Gasteiger partial charge in [-0.3, -0.25) is 0 Å². The van der Waals surface area contributed by atoms with Gasteiger partial charge in [-0.05, 0) is 36.1 Å². The van der Waals surface area contributed by atoms with E-state index in [2.05, 4.69) is 0 Å². The van der Waals surface area contributed by atoms with Crippen LogP contribution in [0.1, 0.15) is 23.6 Å². The second-order valence-electron chi connectivity index (χ2n) is 4.01. The highest BCUT2D eigenvalue weighted by atomic mass is 19.1. The van der Waals surface area contributed by atoms with Crippen molar-refractivity contribution >= 4 is 0 Å². The van der Waals surface area contributed by atoms with E-state index in [1.165, 1.54) is 12.1 Å². The Hall–Kier alpha value is -1.67. The highest BCUT2D eigenvalue weighted by molar-refractivity contribution is 5.25. The Morgan fingerprint density at radius 1 is 1.06 bits per heavy atom. The smallest absolute Gasteiger partial charge is 0.123 e. The summed E-state index contributed by atoms with van der Waals surface area (Å²) in [5.74, 6) is -0.216. The summed E-state index contributed by atoms with van der Waals surface area (Å²) in [6, 6.07) is 16.4. The Morgan fingerprint density at radius 3 is 2.53 bits per heavy atom. The Labute approximate surface area is 101 Å². The van der Waals surface area contributed by atoms with Gasteiger partial charge in [0.05, 0.1) is 0 Å². The molecule has 1 nitrogen and oxygen atoms in total. The number of hydrogen-bond acceptors (Lipinski definition) is 1. The van der Waals surface area contributed by atoms with Gasteiger partial charge in [0, 0.05) is 6.04 Å². The lowest BCUT2D eigenvalue weighted by atomic mass is 10.00. The summed E-state index contributed by atoms with van der Waals surface area (Å²) in [5, 5.41) is 0. The van der Waals surface area contributed by atoms with Crippen LogP contribution in [-0.2, 0) is 0 Å². The molecule has 0 heterocycles. The quantitative estimate of drug-likeness (QED) is 0.852. The van der Waals surface area contributed by atoms with E-state index in [4.69, 9.17) is 5.73 Å². The summed E-state index contributed by atoms with van der Waals surface area (Å²) in [4.78, 5) is 0. The first-order valence-electron chi connectivity index (χ1n) is 5.65. The molecule has 2 heteroatoms. The molecule has 0 aliphatic heterocycles. The van der Waals surface area contributed by atoms with Crippen LogP contribution in [0.5, 0.6) is 0 Å². The van der Waals surface area contributed by atoms with Gasteiger partial charge in [0.15, 0.2) is 0 Å². The van der Waals surface area contributed by atoms with Crippen LogP contribution in [0.4, 0.5) is 4.39 Å². The molecule has 87 valence electrons. The van der Waals surface area contributed by atoms with Crippen molar-refractivity contribution in [3.05, 3.63) is 78.0 Å². The van der Waals surface area contributed by atoms with Crippen LogP contribution in [-0.4, -0.2) is 0 Å². The highest BCUT2D eigenvalue weighted by Crippen LogP contribution is 2.18. The molecule has 0 saturated carbocycles. The van der Waals surface area contributed by atoms with Gasteiger partial charge in [0.2, 0.25) is 0 Å². The van der Waals surface area contributed by atoms with Gasteiger partial charge in [0.1, 0.15) is 5.82 Å². The van der Waals surface area contributed by atoms with Gasteiger partial charge in [-0.2, -0.15) is 0 Å². The molecule has 0 aromatic heterocycles. The molecule has 0 spiro atoms. The molecule has 0 saturated heterocycles. The first-order chi connectivity index (χ1) is 8.25. The lowest BCUT2D eigenvalue weighted by Gasteiger charge is -2.11. The maximum absolute atomic E-state index is 13.0. The van der Waals surface area contributed by atoms with Crippen LogP contribution in [0.15, 0.2) is 54.6 Å². The average molecular weight is 228 g/mol. The van der Waals surface area contributed by atoms with Crippen molar-refractivity contribution in [3.63, 3.8) is 0 Å². The predicted molar refractivity (Wildman–Crippen MR) is 67.8 cm³/mol. The van der Waals surface area contributed by atoms with Crippen molar-refractivity contribution in [2.45, 2.75) is 12.5 Å². The van der Waals surface area contributed by atoms with E-state index in [9.17, 15) is 4.39 Å². The van der Waals surface area contributed by atoms with E-state index >= 15 is 0 Å². The van der Waals surface area contributed by atoms with E-state index in [0.717, 1.165) is 11.1 Å². The van der Waals surface area contributed by atoms with Gasteiger partial charge in [-0.1, -0.05) is 42.5 Å². The number of nitrogens with two attached hydrogens (primary N) is 1. The lowest BCUT2D eigenvalue weighted by molar-refractivity contribution is 0.626. The topological polar surface area (TPSA) is 26.0 Å². The van der Waals surface area contributed by atoms with Crippen LogP contribution >= 0.6 is 0 Å². The third-order valence-corrected chi connectivity index (χ3v) is 2.68. The molecule has 17 heavy (non-hydrogen) atoms. The van der Waals surface area contributed by atoms with E-state index in [-0.39, 0.29) is 11.9 Å². The van der Waals surface area contributed by atoms with Crippen molar-refractivity contribution in [2.24, 2.45) is 5.73 Å². The van der Waals surface area contributed by atoms with Crippen molar-refractivity contribution in [2.75, 3.05) is 0 Å². The molecule has 0 fully saturated rings. The lowest BCUT2D eigenvalue weighted by Crippen LogP contribution is -2.10. The minimum atomic E-state index is -0.216. The third kappa shape index (κ3) is 3.40. The Bertz CT molecular complexity index is 467. The van der Waals surface area contributed by atoms with Crippen LogP contribution in [0.2, 0.25) is 0 Å². The molecule has 2 aromatic carbocycles. The van der Waals surface area contributed by atoms with Crippen LogP contribution in [0.25, 0.3) is 0 Å². The highest BCUT2D eigenvalue weighted by Gasteiger charge is 2.05. The normalized spacial score (nSPS) is 12.4. The number of hydrogen-bond donors (Lipinski definition) is 1. The summed E-state index contributed by atoms with van der Waals surface area (Å²) in [7, 11) is 0. The maximum atomic E-state index is 13.0. The van der Waals surface area contributed by atoms with Crippen molar-refractivity contribution < 1.29 is 4.39 Å². The van der Waals surface area contributed by atoms with E-state index in [0.29, 0.717) is 6.42 Å². The fraction of sp³-hybridized carbons (Fsp3) is 0.133. The minimum absolute atomic E-state index is 0.0422. The number of halogens is 1. The standard InChI is InChI=1S/C15H15FN/c16-14-8-4-5-12(11-14)9-10-15(17)13-6-2-1-3-7-13/h1-9,11,15H,10,17H2. The summed E-state index contributed by atoms with van der Waals surface area (Å²) >= 11 is 0. The molecule has 1 unspecified atom stereocenters. The first kappa shape index (κ1) is 11.8. The zero-order chi connectivity index (χ0) is 12.1. The Morgan fingerprint density at radius 2 is 1.82 bits per heavy atom. The SMILES string of the molecule is NC(C[CH]c1cccc(F)c1)c1ccccc1. The fourth-order valence-electron chi connectivity index (χ4n) is 1.73. The molecule has 2 N–H and O–H groups in total. The van der Waals surface area contributed by atoms with Crippen molar-refractivity contribution in [1.82, 2.24) is 0 Å². The molecule has 2 rings (SSSR count). The minimum Gasteiger partial charge on any atom is -0.324 e. The molecule has 0 amide bonds. The predicted octanol–water partition coefficient (Wildman–Crippen LogP) is 3.47. The zero-order valence-corrected chi connectivity index (χ0v) is 9.51. The molecule has 1 atom stereocenters. The van der Waals surface area contributed by atoms with Gasteiger partial charge in [-0.25, -0.2) is 4.39 Å². The summed E-state index contributed by atoms with van der Waals surface area (Å²) in [6.07, 6.45) is 2.66. The molecule has 0 bridgehead atoms. The second-order valence-corrected chi connectivity index (χ2v) is 4.01. The molecule has 1 radical (unpaired) electrons. The summed E-state index contributed by atoms with van der Waals surface area (Å²) < 4.78 is 13.0. The Balaban J connectivity index is 1.95. The largest absolute Gasteiger partial charge is 0.324 e. The van der Waals surface area contributed by atoms with Crippen molar-refractivity contribution in [1.29, 1.82) is 0 Å². The van der Waals surface area contributed by atoms with Crippen molar-refractivity contribution in [3.8, 4) is 0 Å².